The summed E-state index contributed by atoms with van der Waals surface area (Å²) in [6.07, 6.45) is 0.738. The Morgan fingerprint density at radius 3 is 2.58 bits per heavy atom. The molecule has 0 spiro atoms. The second-order valence-electron chi connectivity index (χ2n) is 6.67. The molecule has 0 atom stereocenters. The average molecular weight is 436 g/mol. The molecule has 0 aliphatic carbocycles. The van der Waals surface area contributed by atoms with Gasteiger partial charge in [-0.15, -0.1) is 10.2 Å². The van der Waals surface area contributed by atoms with Crippen LogP contribution in [0, 0.1) is 0 Å². The second kappa shape index (κ2) is 9.13. The molecule has 0 fully saturated rings. The molecule has 2 aromatic carbocycles. The van der Waals surface area contributed by atoms with E-state index in [1.807, 2.05) is 35.6 Å². The van der Waals surface area contributed by atoms with Crippen molar-refractivity contribution in [3.8, 4) is 0 Å². The zero-order valence-electron chi connectivity index (χ0n) is 17.2. The van der Waals surface area contributed by atoms with Gasteiger partial charge in [-0.3, -0.25) is 9.20 Å². The van der Waals surface area contributed by atoms with Gasteiger partial charge in [0, 0.05) is 12.1 Å². The molecule has 9 heteroatoms. The number of carbonyl (C=O) groups is 2. The summed E-state index contributed by atoms with van der Waals surface area (Å²) < 4.78 is 6.96. The van der Waals surface area contributed by atoms with Crippen LogP contribution in [0.25, 0.3) is 16.7 Å². The molecule has 2 aromatic heterocycles. The van der Waals surface area contributed by atoms with E-state index >= 15 is 0 Å². The Kier molecular flexibility index (Phi) is 6.13. The predicted molar refractivity (Wildman–Crippen MR) is 119 cm³/mol. The summed E-state index contributed by atoms with van der Waals surface area (Å²) in [6, 6.07) is 14.4. The van der Waals surface area contributed by atoms with Gasteiger partial charge in [-0.25, -0.2) is 9.78 Å². The maximum atomic E-state index is 12.5. The van der Waals surface area contributed by atoms with Gasteiger partial charge >= 0.3 is 5.97 Å². The molecule has 31 heavy (non-hydrogen) atoms. The fourth-order valence-corrected chi connectivity index (χ4v) is 3.94. The minimum atomic E-state index is -0.387. The lowest BCUT2D eigenvalue weighted by atomic mass is 10.2. The van der Waals surface area contributed by atoms with E-state index in [1.165, 1.54) is 11.8 Å². The summed E-state index contributed by atoms with van der Waals surface area (Å²) in [6.45, 7) is 4.10. The number of nitrogens with zero attached hydrogens (tertiary/aromatic N) is 4. The second-order valence-corrected chi connectivity index (χ2v) is 7.63. The highest BCUT2D eigenvalue weighted by Crippen LogP contribution is 2.26. The molecule has 4 aromatic rings. The first-order chi connectivity index (χ1) is 15.1. The molecule has 0 aliphatic rings. The quantitative estimate of drug-likeness (QED) is 0.349. The number of aromatic nitrogens is 4. The highest BCUT2D eigenvalue weighted by molar-refractivity contribution is 8.00. The number of amides is 1. The van der Waals surface area contributed by atoms with Gasteiger partial charge in [0.25, 0.3) is 0 Å². The molecule has 1 amide bonds. The summed E-state index contributed by atoms with van der Waals surface area (Å²) in [5, 5.41) is 12.1. The zero-order valence-corrected chi connectivity index (χ0v) is 18.0. The van der Waals surface area contributed by atoms with Gasteiger partial charge < -0.3 is 10.1 Å². The lowest BCUT2D eigenvalue weighted by Crippen LogP contribution is -2.14. The number of nitrogens with one attached hydrogen (secondary N) is 1. The SMILES string of the molecule is CCOC(=O)c1ccc(NC(=O)CSc2nc3ccccc3n3c(CC)nnc23)cc1. The number of hydrogen-bond donors (Lipinski definition) is 1. The summed E-state index contributed by atoms with van der Waals surface area (Å²) in [5.41, 5.74) is 3.45. The summed E-state index contributed by atoms with van der Waals surface area (Å²) in [5.74, 6) is 0.440. The first-order valence-electron chi connectivity index (χ1n) is 9.93. The Morgan fingerprint density at radius 2 is 1.84 bits per heavy atom. The van der Waals surface area contributed by atoms with Crippen molar-refractivity contribution >= 4 is 46.0 Å². The van der Waals surface area contributed by atoms with E-state index in [0.717, 1.165) is 23.3 Å². The third-order valence-electron chi connectivity index (χ3n) is 4.60. The van der Waals surface area contributed by atoms with Crippen molar-refractivity contribution in [1.29, 1.82) is 0 Å². The lowest BCUT2D eigenvalue weighted by molar-refractivity contribution is -0.113. The van der Waals surface area contributed by atoms with Crippen molar-refractivity contribution in [3.63, 3.8) is 0 Å². The average Bonchev–Trinajstić information content (AvgIpc) is 3.23. The van der Waals surface area contributed by atoms with Crippen molar-refractivity contribution < 1.29 is 14.3 Å². The van der Waals surface area contributed by atoms with Crippen LogP contribution < -0.4 is 5.32 Å². The Morgan fingerprint density at radius 1 is 1.06 bits per heavy atom. The molecule has 0 aliphatic heterocycles. The Bertz CT molecular complexity index is 1250. The number of anilines is 1. The van der Waals surface area contributed by atoms with E-state index < -0.39 is 0 Å². The Balaban J connectivity index is 1.49. The van der Waals surface area contributed by atoms with E-state index in [9.17, 15) is 9.59 Å². The first kappa shape index (κ1) is 20.8. The van der Waals surface area contributed by atoms with Crippen LogP contribution in [0.1, 0.15) is 30.0 Å². The van der Waals surface area contributed by atoms with Gasteiger partial charge in [0.05, 0.1) is 29.0 Å². The monoisotopic (exact) mass is 435 g/mol. The molecule has 2 heterocycles. The van der Waals surface area contributed by atoms with Crippen molar-refractivity contribution in [2.75, 3.05) is 17.7 Å². The van der Waals surface area contributed by atoms with E-state index in [1.54, 1.807) is 31.2 Å². The van der Waals surface area contributed by atoms with Crippen molar-refractivity contribution in [1.82, 2.24) is 19.6 Å². The van der Waals surface area contributed by atoms with E-state index in [4.69, 9.17) is 4.74 Å². The normalized spacial score (nSPS) is 11.0. The van der Waals surface area contributed by atoms with Gasteiger partial charge in [0.1, 0.15) is 10.9 Å². The third kappa shape index (κ3) is 4.36. The number of carbonyl (C=O) groups excluding carboxylic acids is 2. The lowest BCUT2D eigenvalue weighted by Gasteiger charge is -2.09. The third-order valence-corrected chi connectivity index (χ3v) is 5.56. The van der Waals surface area contributed by atoms with Crippen molar-refractivity contribution in [3.05, 3.63) is 59.9 Å². The van der Waals surface area contributed by atoms with E-state index in [-0.39, 0.29) is 17.6 Å². The number of hydrogen-bond acceptors (Lipinski definition) is 7. The van der Waals surface area contributed by atoms with Crippen LogP contribution in [0.2, 0.25) is 0 Å². The minimum Gasteiger partial charge on any atom is -0.462 e. The standard InChI is InChI=1S/C22H21N5O3S/c1-3-18-25-26-20-21(24-16-7-5-6-8-17(16)27(18)20)31-13-19(28)23-15-11-9-14(10-12-15)22(29)30-4-2/h5-12H,3-4,13H2,1-2H3,(H,23,28). The van der Waals surface area contributed by atoms with Crippen LogP contribution in [0.4, 0.5) is 5.69 Å². The maximum Gasteiger partial charge on any atom is 0.338 e. The molecule has 0 saturated carbocycles. The van der Waals surface area contributed by atoms with Gasteiger partial charge in [-0.05, 0) is 43.3 Å². The molecule has 0 bridgehead atoms. The van der Waals surface area contributed by atoms with E-state index in [2.05, 4.69) is 20.5 Å². The van der Waals surface area contributed by atoms with Crippen LogP contribution in [0.3, 0.4) is 0 Å². The van der Waals surface area contributed by atoms with E-state index in [0.29, 0.717) is 28.5 Å². The smallest absolute Gasteiger partial charge is 0.338 e. The molecule has 158 valence electrons. The first-order valence-corrected chi connectivity index (χ1v) is 10.9. The molecule has 8 nitrogen and oxygen atoms in total. The van der Waals surface area contributed by atoms with Gasteiger partial charge in [0.2, 0.25) is 5.91 Å². The number of esters is 1. The maximum absolute atomic E-state index is 12.5. The zero-order chi connectivity index (χ0) is 21.8. The highest BCUT2D eigenvalue weighted by atomic mass is 32.2. The number of benzene rings is 2. The number of fused-ring (bicyclic) bond motifs is 3. The number of aryl methyl sites for hydroxylation is 1. The van der Waals surface area contributed by atoms with Crippen LogP contribution in [-0.4, -0.2) is 43.8 Å². The Labute approximate surface area is 183 Å². The molecule has 0 unspecified atom stereocenters. The molecular weight excluding hydrogens is 414 g/mol. The molecule has 0 radical (unpaired) electrons. The topological polar surface area (TPSA) is 98.5 Å². The van der Waals surface area contributed by atoms with Crippen LogP contribution in [0.5, 0.6) is 0 Å². The molecule has 0 saturated heterocycles. The van der Waals surface area contributed by atoms with Crippen LogP contribution in [-0.2, 0) is 16.0 Å². The van der Waals surface area contributed by atoms with Gasteiger partial charge in [0.15, 0.2) is 5.65 Å². The summed E-state index contributed by atoms with van der Waals surface area (Å²) in [4.78, 5) is 28.9. The van der Waals surface area contributed by atoms with Gasteiger partial charge in [-0.2, -0.15) is 0 Å². The number of thioether (sulfide) groups is 1. The number of rotatable bonds is 7. The summed E-state index contributed by atoms with van der Waals surface area (Å²) in [7, 11) is 0. The van der Waals surface area contributed by atoms with Crippen LogP contribution >= 0.6 is 11.8 Å². The number of para-hydroxylation sites is 2. The fraction of sp³-hybridized carbons (Fsp3) is 0.227. The van der Waals surface area contributed by atoms with Crippen molar-refractivity contribution in [2.24, 2.45) is 0 Å². The molecular formula is C22H21N5O3S. The summed E-state index contributed by atoms with van der Waals surface area (Å²) >= 11 is 1.31. The largest absolute Gasteiger partial charge is 0.462 e. The Hall–Kier alpha value is -3.46. The van der Waals surface area contributed by atoms with Gasteiger partial charge in [-0.1, -0.05) is 30.8 Å². The molecule has 1 N–H and O–H groups in total. The predicted octanol–water partition coefficient (Wildman–Crippen LogP) is 3.75. The molecule has 4 rings (SSSR count). The fourth-order valence-electron chi connectivity index (χ4n) is 3.18. The van der Waals surface area contributed by atoms with Crippen LogP contribution in [0.15, 0.2) is 53.6 Å². The highest BCUT2D eigenvalue weighted by Gasteiger charge is 2.16. The minimum absolute atomic E-state index is 0.162. The van der Waals surface area contributed by atoms with Crippen molar-refractivity contribution in [2.45, 2.75) is 25.3 Å². The number of ether oxygens (including phenoxy) is 1.